The molecule has 4 heteroatoms. The summed E-state index contributed by atoms with van der Waals surface area (Å²) in [6, 6.07) is 0. The Morgan fingerprint density at radius 1 is 1.56 bits per heavy atom. The lowest BCUT2D eigenvalue weighted by atomic mass is 9.79. The molecular weight excluding hydrogens is 208 g/mol. The number of Topliss-reactive ketones (excluding diaryl/α,β-unsaturated/α-hetero) is 1. The number of rotatable bonds is 3. The average Bonchev–Trinajstić information content (AvgIpc) is 2.15. The normalized spacial score (nSPS) is 34.1. The molecule has 2 unspecified atom stereocenters. The number of hydrogen-bond acceptors (Lipinski definition) is 4. The Labute approximate surface area is 96.2 Å². The molecule has 0 saturated heterocycles. The van der Waals surface area contributed by atoms with Gasteiger partial charge in [0.25, 0.3) is 0 Å². The van der Waals surface area contributed by atoms with Gasteiger partial charge in [-0.1, -0.05) is 0 Å². The smallest absolute Gasteiger partial charge is 0.164 e. The molecule has 0 radical (unpaired) electrons. The van der Waals surface area contributed by atoms with Crippen molar-refractivity contribution in [1.82, 2.24) is 0 Å². The average molecular weight is 228 g/mol. The van der Waals surface area contributed by atoms with Crippen LogP contribution in [0.2, 0.25) is 0 Å². The van der Waals surface area contributed by atoms with E-state index in [9.17, 15) is 9.90 Å². The molecule has 16 heavy (non-hydrogen) atoms. The third kappa shape index (κ3) is 2.90. The van der Waals surface area contributed by atoms with Crippen LogP contribution in [-0.4, -0.2) is 43.4 Å². The van der Waals surface area contributed by atoms with E-state index in [1.165, 1.54) is 0 Å². The van der Waals surface area contributed by atoms with Gasteiger partial charge in [0.2, 0.25) is 0 Å². The van der Waals surface area contributed by atoms with Crippen molar-refractivity contribution >= 4 is 5.78 Å². The third-order valence-electron chi connectivity index (χ3n) is 2.89. The monoisotopic (exact) mass is 228 g/mol. The third-order valence-corrected chi connectivity index (χ3v) is 2.89. The van der Waals surface area contributed by atoms with Crippen molar-refractivity contribution in [2.45, 2.75) is 38.4 Å². The molecule has 0 aromatic rings. The topological polar surface area (TPSA) is 55.8 Å². The molecular formula is C12H20O4. The van der Waals surface area contributed by atoms with Crippen molar-refractivity contribution in [3.8, 4) is 0 Å². The summed E-state index contributed by atoms with van der Waals surface area (Å²) < 4.78 is 10.3. The van der Waals surface area contributed by atoms with Crippen LogP contribution < -0.4 is 0 Å². The Hall–Kier alpha value is -0.710. The SMILES string of the molecule is COC/C(C)=C1/C(=O)CC(C)(O)CC1OC. The second-order valence-electron chi connectivity index (χ2n) is 4.65. The van der Waals surface area contributed by atoms with Crippen LogP contribution in [0.15, 0.2) is 11.1 Å². The highest BCUT2D eigenvalue weighted by molar-refractivity contribution is 5.98. The van der Waals surface area contributed by atoms with Crippen molar-refractivity contribution in [2.24, 2.45) is 0 Å². The summed E-state index contributed by atoms with van der Waals surface area (Å²) in [7, 11) is 3.15. The molecule has 0 heterocycles. The van der Waals surface area contributed by atoms with Gasteiger partial charge in [0, 0.05) is 32.6 Å². The first-order valence-corrected chi connectivity index (χ1v) is 5.38. The highest BCUT2D eigenvalue weighted by Gasteiger charge is 2.39. The van der Waals surface area contributed by atoms with Gasteiger partial charge >= 0.3 is 0 Å². The maximum absolute atomic E-state index is 11.9. The van der Waals surface area contributed by atoms with E-state index in [1.807, 2.05) is 6.92 Å². The van der Waals surface area contributed by atoms with Crippen LogP contribution in [0.5, 0.6) is 0 Å². The Kier molecular flexibility index (Phi) is 4.24. The van der Waals surface area contributed by atoms with Gasteiger partial charge in [-0.2, -0.15) is 0 Å². The predicted octanol–water partition coefficient (Wildman–Crippen LogP) is 1.08. The zero-order valence-corrected chi connectivity index (χ0v) is 10.4. The number of carbonyl (C=O) groups is 1. The Bertz CT molecular complexity index is 304. The first-order valence-electron chi connectivity index (χ1n) is 5.38. The van der Waals surface area contributed by atoms with Crippen molar-refractivity contribution in [3.05, 3.63) is 11.1 Å². The van der Waals surface area contributed by atoms with Crippen LogP contribution in [-0.2, 0) is 14.3 Å². The molecule has 2 atom stereocenters. The maximum Gasteiger partial charge on any atom is 0.164 e. The fourth-order valence-electron chi connectivity index (χ4n) is 2.20. The van der Waals surface area contributed by atoms with Gasteiger partial charge < -0.3 is 14.6 Å². The van der Waals surface area contributed by atoms with Gasteiger partial charge in [0.1, 0.15) is 0 Å². The molecule has 1 rings (SSSR count). The van der Waals surface area contributed by atoms with Gasteiger partial charge in [-0.15, -0.1) is 0 Å². The second kappa shape index (κ2) is 5.08. The number of aliphatic hydroxyl groups is 1. The van der Waals surface area contributed by atoms with Gasteiger partial charge in [-0.3, -0.25) is 4.79 Å². The number of hydrogen-bond donors (Lipinski definition) is 1. The quantitative estimate of drug-likeness (QED) is 0.734. The molecule has 0 spiro atoms. The molecule has 0 bridgehead atoms. The largest absolute Gasteiger partial charge is 0.390 e. The summed E-state index contributed by atoms with van der Waals surface area (Å²) in [4.78, 5) is 11.9. The van der Waals surface area contributed by atoms with Gasteiger partial charge in [0.05, 0.1) is 18.3 Å². The molecule has 1 aliphatic carbocycles. The number of carbonyl (C=O) groups excluding carboxylic acids is 1. The fraction of sp³-hybridized carbons (Fsp3) is 0.750. The van der Waals surface area contributed by atoms with E-state index < -0.39 is 5.60 Å². The van der Waals surface area contributed by atoms with E-state index in [-0.39, 0.29) is 18.3 Å². The molecule has 0 aromatic carbocycles. The minimum Gasteiger partial charge on any atom is -0.390 e. The minimum atomic E-state index is -0.964. The Morgan fingerprint density at radius 2 is 2.19 bits per heavy atom. The van der Waals surface area contributed by atoms with E-state index in [2.05, 4.69) is 0 Å². The van der Waals surface area contributed by atoms with Crippen molar-refractivity contribution in [2.75, 3.05) is 20.8 Å². The number of methoxy groups -OCH3 is 2. The summed E-state index contributed by atoms with van der Waals surface area (Å²) in [5.74, 6) is -0.0438. The van der Waals surface area contributed by atoms with Crippen molar-refractivity contribution in [3.63, 3.8) is 0 Å². The Balaban J connectivity index is 3.00. The first-order chi connectivity index (χ1) is 7.41. The molecule has 1 aliphatic rings. The summed E-state index contributed by atoms with van der Waals surface area (Å²) in [5.41, 5.74) is 0.583. The molecule has 1 saturated carbocycles. The van der Waals surface area contributed by atoms with Crippen LogP contribution in [0.4, 0.5) is 0 Å². The minimum absolute atomic E-state index is 0.0438. The zero-order valence-electron chi connectivity index (χ0n) is 10.4. The molecule has 4 nitrogen and oxygen atoms in total. The first kappa shape index (κ1) is 13.4. The molecule has 0 aromatic heterocycles. The molecule has 92 valence electrons. The van der Waals surface area contributed by atoms with Crippen LogP contribution >= 0.6 is 0 Å². The summed E-state index contributed by atoms with van der Waals surface area (Å²) >= 11 is 0. The summed E-state index contributed by atoms with van der Waals surface area (Å²) in [6.07, 6.45) is 0.279. The van der Waals surface area contributed by atoms with Gasteiger partial charge in [-0.05, 0) is 19.4 Å². The standard InChI is InChI=1S/C12H20O4/c1-8(7-15-3)11-9(13)5-12(2,14)6-10(11)16-4/h10,14H,5-7H2,1-4H3/b11-8-. The van der Waals surface area contributed by atoms with Crippen LogP contribution in [0.25, 0.3) is 0 Å². The summed E-state index contributed by atoms with van der Waals surface area (Å²) in [5, 5.41) is 9.92. The van der Waals surface area contributed by atoms with Crippen molar-refractivity contribution < 1.29 is 19.4 Å². The lowest BCUT2D eigenvalue weighted by molar-refractivity contribution is -0.126. The molecule has 0 amide bonds. The maximum atomic E-state index is 11.9. The van der Waals surface area contributed by atoms with Crippen LogP contribution in [0.1, 0.15) is 26.7 Å². The summed E-state index contributed by atoms with van der Waals surface area (Å²) in [6.45, 7) is 3.95. The van der Waals surface area contributed by atoms with Crippen molar-refractivity contribution in [1.29, 1.82) is 0 Å². The number of ketones is 1. The zero-order chi connectivity index (χ0) is 12.3. The highest BCUT2D eigenvalue weighted by atomic mass is 16.5. The lowest BCUT2D eigenvalue weighted by Crippen LogP contribution is -2.42. The van der Waals surface area contributed by atoms with E-state index in [1.54, 1.807) is 21.1 Å². The van der Waals surface area contributed by atoms with Gasteiger partial charge in [0.15, 0.2) is 5.78 Å². The van der Waals surface area contributed by atoms with E-state index in [0.29, 0.717) is 18.6 Å². The Morgan fingerprint density at radius 3 is 2.69 bits per heavy atom. The number of ether oxygens (including phenoxy) is 2. The molecule has 1 fully saturated rings. The fourth-order valence-corrected chi connectivity index (χ4v) is 2.20. The van der Waals surface area contributed by atoms with Crippen LogP contribution in [0, 0.1) is 0 Å². The van der Waals surface area contributed by atoms with E-state index in [4.69, 9.17) is 9.47 Å². The van der Waals surface area contributed by atoms with E-state index >= 15 is 0 Å². The molecule has 1 N–H and O–H groups in total. The lowest BCUT2D eigenvalue weighted by Gasteiger charge is -2.35. The second-order valence-corrected chi connectivity index (χ2v) is 4.65. The molecule has 0 aliphatic heterocycles. The van der Waals surface area contributed by atoms with E-state index in [0.717, 1.165) is 5.57 Å². The van der Waals surface area contributed by atoms with Crippen LogP contribution in [0.3, 0.4) is 0 Å². The van der Waals surface area contributed by atoms with Gasteiger partial charge in [-0.25, -0.2) is 0 Å². The highest BCUT2D eigenvalue weighted by Crippen LogP contribution is 2.32. The predicted molar refractivity (Wildman–Crippen MR) is 60.2 cm³/mol.